The van der Waals surface area contributed by atoms with E-state index in [1.807, 2.05) is 54.6 Å². The molecule has 152 valence electrons. The van der Waals surface area contributed by atoms with Crippen LogP contribution < -0.4 is 10.9 Å². The lowest BCUT2D eigenvalue weighted by Crippen LogP contribution is -2.27. The number of benzene rings is 2. The van der Waals surface area contributed by atoms with E-state index in [2.05, 4.69) is 36.2 Å². The number of nitrogens with one attached hydrogen (secondary N) is 1. The van der Waals surface area contributed by atoms with E-state index in [4.69, 9.17) is 0 Å². The number of amides is 1. The van der Waals surface area contributed by atoms with Crippen molar-refractivity contribution in [1.82, 2.24) is 19.3 Å². The molecule has 7 heteroatoms. The first-order valence-corrected chi connectivity index (χ1v) is 9.72. The van der Waals surface area contributed by atoms with Crippen LogP contribution in [0.25, 0.3) is 16.7 Å². The highest BCUT2D eigenvalue weighted by Gasteiger charge is 2.15. The average Bonchev–Trinajstić information content (AvgIpc) is 3.15. The number of hydrogen-bond acceptors (Lipinski definition) is 4. The Balaban J connectivity index is 1.53. The quantitative estimate of drug-likeness (QED) is 0.567. The molecule has 0 fully saturated rings. The second-order valence-corrected chi connectivity index (χ2v) is 8.18. The van der Waals surface area contributed by atoms with Crippen LogP contribution >= 0.6 is 0 Å². The van der Waals surface area contributed by atoms with Crippen LogP contribution in [-0.2, 0) is 16.8 Å². The summed E-state index contributed by atoms with van der Waals surface area (Å²) >= 11 is 0. The number of anilines is 1. The molecule has 0 aliphatic heterocycles. The monoisotopic (exact) mass is 401 g/mol. The fraction of sp³-hybridized carbons (Fsp3) is 0.217. The van der Waals surface area contributed by atoms with Crippen molar-refractivity contribution < 1.29 is 4.79 Å². The zero-order chi connectivity index (χ0) is 21.3. The summed E-state index contributed by atoms with van der Waals surface area (Å²) in [5.41, 5.74) is 2.88. The third-order valence-electron chi connectivity index (χ3n) is 4.90. The number of fused-ring (bicyclic) bond motifs is 1. The Morgan fingerprint density at radius 2 is 1.73 bits per heavy atom. The predicted molar refractivity (Wildman–Crippen MR) is 117 cm³/mol. The number of para-hydroxylation sites is 1. The highest BCUT2D eigenvalue weighted by Crippen LogP contribution is 2.23. The van der Waals surface area contributed by atoms with Gasteiger partial charge in [0.15, 0.2) is 5.65 Å². The molecular weight excluding hydrogens is 378 g/mol. The molecule has 0 aliphatic rings. The molecule has 30 heavy (non-hydrogen) atoms. The molecule has 1 N–H and O–H groups in total. The fourth-order valence-corrected chi connectivity index (χ4v) is 3.23. The van der Waals surface area contributed by atoms with Crippen molar-refractivity contribution in [3.05, 3.63) is 83.0 Å². The van der Waals surface area contributed by atoms with Crippen LogP contribution in [0.15, 0.2) is 71.9 Å². The predicted octanol–water partition coefficient (Wildman–Crippen LogP) is 3.52. The normalized spacial score (nSPS) is 11.6. The van der Waals surface area contributed by atoms with Gasteiger partial charge in [0.2, 0.25) is 5.91 Å². The first kappa shape index (κ1) is 19.6. The topological polar surface area (TPSA) is 81.8 Å². The summed E-state index contributed by atoms with van der Waals surface area (Å²) in [5.74, 6) is -0.294. The number of aromatic nitrogens is 4. The highest BCUT2D eigenvalue weighted by molar-refractivity contribution is 5.90. The van der Waals surface area contributed by atoms with Crippen LogP contribution in [0.2, 0.25) is 0 Å². The van der Waals surface area contributed by atoms with E-state index < -0.39 is 0 Å². The van der Waals surface area contributed by atoms with E-state index in [1.54, 1.807) is 4.68 Å². The summed E-state index contributed by atoms with van der Waals surface area (Å²) in [5, 5.41) is 7.48. The zero-order valence-electron chi connectivity index (χ0n) is 17.2. The van der Waals surface area contributed by atoms with Gasteiger partial charge in [-0.1, -0.05) is 51.1 Å². The molecule has 0 saturated heterocycles. The van der Waals surface area contributed by atoms with E-state index in [1.165, 1.54) is 22.7 Å². The summed E-state index contributed by atoms with van der Waals surface area (Å²) in [6.45, 7) is 6.28. The molecule has 2 aromatic carbocycles. The van der Waals surface area contributed by atoms with Crippen LogP contribution in [0.5, 0.6) is 0 Å². The molecule has 4 aromatic rings. The number of carbonyl (C=O) groups is 1. The Labute approximate surface area is 174 Å². The Morgan fingerprint density at radius 1 is 1.03 bits per heavy atom. The van der Waals surface area contributed by atoms with Crippen molar-refractivity contribution in [3.63, 3.8) is 0 Å². The second-order valence-electron chi connectivity index (χ2n) is 8.18. The Bertz CT molecular complexity index is 1250. The lowest BCUT2D eigenvalue weighted by Gasteiger charge is -2.19. The van der Waals surface area contributed by atoms with Crippen LogP contribution in [0, 0.1) is 0 Å². The van der Waals surface area contributed by atoms with Crippen molar-refractivity contribution in [2.24, 2.45) is 0 Å². The van der Waals surface area contributed by atoms with E-state index in [9.17, 15) is 9.59 Å². The second kappa shape index (κ2) is 7.59. The molecule has 7 nitrogen and oxygen atoms in total. The van der Waals surface area contributed by atoms with Crippen LogP contribution in [0.1, 0.15) is 26.3 Å². The molecule has 0 radical (unpaired) electrons. The molecule has 0 saturated carbocycles. The van der Waals surface area contributed by atoms with Gasteiger partial charge >= 0.3 is 0 Å². The van der Waals surface area contributed by atoms with Crippen molar-refractivity contribution in [3.8, 4) is 5.69 Å². The Kier molecular flexibility index (Phi) is 4.95. The van der Waals surface area contributed by atoms with Crippen molar-refractivity contribution in [1.29, 1.82) is 0 Å². The Hall–Kier alpha value is -3.74. The molecule has 0 unspecified atom stereocenters. The summed E-state index contributed by atoms with van der Waals surface area (Å²) in [4.78, 5) is 29.6. The van der Waals surface area contributed by atoms with E-state index in [-0.39, 0.29) is 23.4 Å². The van der Waals surface area contributed by atoms with E-state index in [0.29, 0.717) is 16.7 Å². The van der Waals surface area contributed by atoms with Crippen LogP contribution in [0.3, 0.4) is 0 Å². The molecule has 0 spiro atoms. The summed E-state index contributed by atoms with van der Waals surface area (Å²) in [6, 6.07) is 17.2. The molecule has 0 aliphatic carbocycles. The lowest BCUT2D eigenvalue weighted by atomic mass is 9.87. The Morgan fingerprint density at radius 3 is 2.40 bits per heavy atom. The largest absolute Gasteiger partial charge is 0.325 e. The maximum Gasteiger partial charge on any atom is 0.264 e. The van der Waals surface area contributed by atoms with Crippen LogP contribution in [-0.4, -0.2) is 25.2 Å². The minimum absolute atomic E-state index is 0.0428. The maximum absolute atomic E-state index is 12.8. The SMILES string of the molecule is CC(C)(C)c1ccc(NC(=O)Cn2cnc3c(cnn3-c3ccccc3)c2=O)cc1. The zero-order valence-corrected chi connectivity index (χ0v) is 17.2. The third-order valence-corrected chi connectivity index (χ3v) is 4.90. The van der Waals surface area contributed by atoms with E-state index in [0.717, 1.165) is 5.69 Å². The van der Waals surface area contributed by atoms with Gasteiger partial charge in [0.1, 0.15) is 18.3 Å². The van der Waals surface area contributed by atoms with Gasteiger partial charge in [-0.25, -0.2) is 9.67 Å². The minimum Gasteiger partial charge on any atom is -0.325 e. The molecule has 2 heterocycles. The molecule has 1 amide bonds. The number of carbonyl (C=O) groups excluding carboxylic acids is 1. The first-order chi connectivity index (χ1) is 14.3. The maximum atomic E-state index is 12.8. The van der Waals surface area contributed by atoms with Crippen LogP contribution in [0.4, 0.5) is 5.69 Å². The van der Waals surface area contributed by atoms with Gasteiger partial charge in [-0.2, -0.15) is 5.10 Å². The van der Waals surface area contributed by atoms with Gasteiger partial charge in [0.25, 0.3) is 5.56 Å². The van der Waals surface area contributed by atoms with E-state index >= 15 is 0 Å². The van der Waals surface area contributed by atoms with Gasteiger partial charge in [0, 0.05) is 5.69 Å². The van der Waals surface area contributed by atoms with Crippen molar-refractivity contribution >= 4 is 22.6 Å². The smallest absolute Gasteiger partial charge is 0.264 e. The summed E-state index contributed by atoms with van der Waals surface area (Å²) < 4.78 is 2.90. The molecular formula is C23H23N5O2. The number of hydrogen-bond donors (Lipinski definition) is 1. The van der Waals surface area contributed by atoms with Gasteiger partial charge in [-0.15, -0.1) is 0 Å². The van der Waals surface area contributed by atoms with Crippen molar-refractivity contribution in [2.45, 2.75) is 32.7 Å². The minimum atomic E-state index is -0.305. The standard InChI is InChI=1S/C23H23N5O2/c1-23(2,3)16-9-11-17(12-10-16)26-20(29)14-27-15-24-21-19(22(27)30)13-25-28(21)18-7-5-4-6-8-18/h4-13,15H,14H2,1-3H3,(H,26,29). The molecule has 4 rings (SSSR count). The number of rotatable bonds is 4. The summed E-state index contributed by atoms with van der Waals surface area (Å²) in [6.07, 6.45) is 2.87. The van der Waals surface area contributed by atoms with Gasteiger partial charge in [-0.05, 0) is 35.2 Å². The molecule has 2 aromatic heterocycles. The van der Waals surface area contributed by atoms with Gasteiger partial charge < -0.3 is 5.32 Å². The van der Waals surface area contributed by atoms with Crippen molar-refractivity contribution in [2.75, 3.05) is 5.32 Å². The highest BCUT2D eigenvalue weighted by atomic mass is 16.2. The van der Waals surface area contributed by atoms with Gasteiger partial charge in [0.05, 0.1) is 11.9 Å². The fourth-order valence-electron chi connectivity index (χ4n) is 3.23. The number of nitrogens with zero attached hydrogens (tertiary/aromatic N) is 4. The molecule has 0 bridgehead atoms. The summed E-state index contributed by atoms with van der Waals surface area (Å²) in [7, 11) is 0. The lowest BCUT2D eigenvalue weighted by molar-refractivity contribution is -0.116. The third kappa shape index (κ3) is 3.87. The average molecular weight is 401 g/mol. The van der Waals surface area contributed by atoms with Gasteiger partial charge in [-0.3, -0.25) is 14.2 Å². The first-order valence-electron chi connectivity index (χ1n) is 9.72. The molecule has 0 atom stereocenters.